The number of aryl methyl sites for hydroxylation is 1. The molecule has 1 N–H and O–H groups in total. The Morgan fingerprint density at radius 3 is 2.41 bits per heavy atom. The van der Waals surface area contributed by atoms with E-state index in [4.69, 9.17) is 0 Å². The molecule has 0 saturated heterocycles. The lowest BCUT2D eigenvalue weighted by Gasteiger charge is -2.21. The van der Waals surface area contributed by atoms with E-state index in [2.05, 4.69) is 21.0 Å². The van der Waals surface area contributed by atoms with Crippen molar-refractivity contribution >= 4 is 27.6 Å². The summed E-state index contributed by atoms with van der Waals surface area (Å²) in [6.07, 6.45) is 0.699. The number of aromatic amines is 1. The Morgan fingerprint density at radius 2 is 1.81 bits per heavy atom. The summed E-state index contributed by atoms with van der Waals surface area (Å²) in [6, 6.07) is 14.6. The minimum absolute atomic E-state index is 0.0613. The van der Waals surface area contributed by atoms with E-state index in [0.717, 1.165) is 10.0 Å². The first-order chi connectivity index (χ1) is 15.2. The van der Waals surface area contributed by atoms with Crippen molar-refractivity contribution in [3.05, 3.63) is 85.7 Å². The van der Waals surface area contributed by atoms with Crippen LogP contribution in [0, 0.1) is 6.92 Å². The van der Waals surface area contributed by atoms with Crippen LogP contribution in [0.1, 0.15) is 65.1 Å². The van der Waals surface area contributed by atoms with Crippen molar-refractivity contribution in [2.45, 2.75) is 40.0 Å². The molecule has 0 aliphatic carbocycles. The van der Waals surface area contributed by atoms with Crippen molar-refractivity contribution in [2.24, 2.45) is 0 Å². The number of hydrogen-bond acceptors (Lipinski definition) is 3. The van der Waals surface area contributed by atoms with Gasteiger partial charge in [0.1, 0.15) is 5.56 Å². The number of hydrogen-bond donors (Lipinski definition) is 1. The zero-order valence-electron chi connectivity index (χ0n) is 18.8. The highest BCUT2D eigenvalue weighted by atomic mass is 79.9. The van der Waals surface area contributed by atoms with Gasteiger partial charge in [-0.3, -0.25) is 19.5 Å². The van der Waals surface area contributed by atoms with Crippen molar-refractivity contribution in [1.29, 1.82) is 0 Å². The number of H-pyrrole nitrogens is 1. The molecule has 0 unspecified atom stereocenters. The Kier molecular flexibility index (Phi) is 7.51. The summed E-state index contributed by atoms with van der Waals surface area (Å²) in [5.74, 6) is -0.659. The van der Waals surface area contributed by atoms with Gasteiger partial charge >= 0.3 is 0 Å². The molecule has 0 atom stereocenters. The smallest absolute Gasteiger partial charge is 0.282 e. The van der Waals surface area contributed by atoms with E-state index in [1.54, 1.807) is 18.2 Å². The molecular formula is C25H28BrN3O3. The Balaban J connectivity index is 1.97. The van der Waals surface area contributed by atoms with Crippen molar-refractivity contribution in [1.82, 2.24) is 14.7 Å². The topological polar surface area (TPSA) is 75.2 Å². The molecule has 0 fully saturated rings. The van der Waals surface area contributed by atoms with Gasteiger partial charge in [-0.1, -0.05) is 60.5 Å². The van der Waals surface area contributed by atoms with Crippen LogP contribution in [0.2, 0.25) is 0 Å². The molecule has 1 aromatic heterocycles. The maximum atomic E-state index is 13.3. The molecule has 0 aliphatic heterocycles. The summed E-state index contributed by atoms with van der Waals surface area (Å²) in [7, 11) is 0. The van der Waals surface area contributed by atoms with Gasteiger partial charge < -0.3 is 4.90 Å². The first-order valence-corrected chi connectivity index (χ1v) is 11.5. The Labute approximate surface area is 196 Å². The van der Waals surface area contributed by atoms with Crippen LogP contribution in [0.4, 0.5) is 0 Å². The highest BCUT2D eigenvalue weighted by molar-refractivity contribution is 9.10. The summed E-state index contributed by atoms with van der Waals surface area (Å²) in [5, 5.41) is 3.11. The largest absolute Gasteiger partial charge is 0.331 e. The normalized spacial score (nSPS) is 11.1. The van der Waals surface area contributed by atoms with E-state index in [1.165, 1.54) is 9.58 Å². The number of carbonyl (C=O) groups is 2. The molecule has 1 heterocycles. The molecular weight excluding hydrogens is 470 g/mol. The number of halogens is 1. The van der Waals surface area contributed by atoms with Gasteiger partial charge in [-0.25, -0.2) is 4.68 Å². The second-order valence-corrected chi connectivity index (χ2v) is 9.11. The summed E-state index contributed by atoms with van der Waals surface area (Å²) in [4.78, 5) is 41.2. The predicted molar refractivity (Wildman–Crippen MR) is 130 cm³/mol. The molecule has 3 aromatic rings. The standard InChI is InChI=1S/C25H28BrN3O3/c1-5-13-28(24(31)18-7-6-8-19(26)14-18)15-21(30)22-23(16(2)3)27-29(25(22)32)20-11-9-17(4)10-12-20/h6-12,14,16,27H,5,13,15H2,1-4H3. The Hall–Kier alpha value is -2.93. The number of aromatic nitrogens is 2. The van der Waals surface area contributed by atoms with E-state index in [0.29, 0.717) is 29.9 Å². The van der Waals surface area contributed by atoms with Crippen LogP contribution >= 0.6 is 15.9 Å². The monoisotopic (exact) mass is 497 g/mol. The molecule has 0 radical (unpaired) electrons. The average molecular weight is 498 g/mol. The van der Waals surface area contributed by atoms with Gasteiger partial charge in [-0.2, -0.15) is 0 Å². The number of ketones is 1. The van der Waals surface area contributed by atoms with Gasteiger partial charge in [-0.15, -0.1) is 0 Å². The number of Topliss-reactive ketones (excluding diaryl/α,β-unsaturated/α-hetero) is 1. The van der Waals surface area contributed by atoms with Crippen LogP contribution < -0.4 is 5.56 Å². The molecule has 168 valence electrons. The molecule has 7 heteroatoms. The van der Waals surface area contributed by atoms with E-state index >= 15 is 0 Å². The Morgan fingerprint density at radius 1 is 1.12 bits per heavy atom. The summed E-state index contributed by atoms with van der Waals surface area (Å²) in [5.41, 5.74) is 2.53. The van der Waals surface area contributed by atoms with Gasteiger partial charge in [0.15, 0.2) is 5.78 Å². The number of benzene rings is 2. The van der Waals surface area contributed by atoms with Crippen molar-refractivity contribution in [3.8, 4) is 5.69 Å². The van der Waals surface area contributed by atoms with Gasteiger partial charge in [0.2, 0.25) is 0 Å². The van der Waals surface area contributed by atoms with Crippen LogP contribution in [-0.4, -0.2) is 39.5 Å². The van der Waals surface area contributed by atoms with E-state index in [9.17, 15) is 14.4 Å². The lowest BCUT2D eigenvalue weighted by molar-refractivity contribution is 0.0709. The molecule has 0 bridgehead atoms. The van der Waals surface area contributed by atoms with Crippen LogP contribution in [0.5, 0.6) is 0 Å². The summed E-state index contributed by atoms with van der Waals surface area (Å²) < 4.78 is 2.20. The zero-order chi connectivity index (χ0) is 23.4. The number of carbonyl (C=O) groups excluding carboxylic acids is 2. The molecule has 2 aromatic carbocycles. The SMILES string of the molecule is CCCN(CC(=O)c1c(C(C)C)[nH]n(-c2ccc(C)cc2)c1=O)C(=O)c1cccc(Br)c1. The van der Waals surface area contributed by atoms with Crippen LogP contribution in [0.25, 0.3) is 5.69 Å². The van der Waals surface area contributed by atoms with Crippen molar-refractivity contribution < 1.29 is 9.59 Å². The first kappa shape index (κ1) is 23.7. The zero-order valence-corrected chi connectivity index (χ0v) is 20.4. The van der Waals surface area contributed by atoms with E-state index in [1.807, 2.05) is 58.0 Å². The average Bonchev–Trinajstić information content (AvgIpc) is 3.11. The molecule has 1 amide bonds. The van der Waals surface area contributed by atoms with Crippen LogP contribution in [0.15, 0.2) is 57.8 Å². The second-order valence-electron chi connectivity index (χ2n) is 8.19. The number of nitrogens with zero attached hydrogens (tertiary/aromatic N) is 2. The van der Waals surface area contributed by atoms with Gasteiger partial charge in [0, 0.05) is 16.6 Å². The number of amides is 1. The minimum atomic E-state index is -0.395. The molecule has 0 aliphatic rings. The lowest BCUT2D eigenvalue weighted by Crippen LogP contribution is -2.38. The molecule has 0 spiro atoms. The first-order valence-electron chi connectivity index (χ1n) is 10.7. The summed E-state index contributed by atoms with van der Waals surface area (Å²) in [6.45, 7) is 8.05. The molecule has 3 rings (SSSR count). The number of nitrogens with one attached hydrogen (secondary N) is 1. The molecule has 6 nitrogen and oxygen atoms in total. The second kappa shape index (κ2) is 10.1. The van der Waals surface area contributed by atoms with Crippen LogP contribution in [0.3, 0.4) is 0 Å². The fourth-order valence-corrected chi connectivity index (χ4v) is 4.00. The minimum Gasteiger partial charge on any atom is -0.331 e. The summed E-state index contributed by atoms with van der Waals surface area (Å²) >= 11 is 3.38. The molecule has 32 heavy (non-hydrogen) atoms. The number of rotatable bonds is 8. The lowest BCUT2D eigenvalue weighted by atomic mass is 10.0. The van der Waals surface area contributed by atoms with Gasteiger partial charge in [0.25, 0.3) is 11.5 Å². The molecule has 0 saturated carbocycles. The third-order valence-electron chi connectivity index (χ3n) is 5.25. The maximum absolute atomic E-state index is 13.3. The van der Waals surface area contributed by atoms with Gasteiger partial charge in [-0.05, 0) is 49.6 Å². The fourth-order valence-electron chi connectivity index (χ4n) is 3.60. The maximum Gasteiger partial charge on any atom is 0.282 e. The van der Waals surface area contributed by atoms with Gasteiger partial charge in [0.05, 0.1) is 17.9 Å². The van der Waals surface area contributed by atoms with E-state index < -0.39 is 5.56 Å². The van der Waals surface area contributed by atoms with E-state index in [-0.39, 0.29) is 29.7 Å². The highest BCUT2D eigenvalue weighted by Gasteiger charge is 2.27. The Bertz CT molecular complexity index is 1180. The van der Waals surface area contributed by atoms with Crippen molar-refractivity contribution in [2.75, 3.05) is 13.1 Å². The van der Waals surface area contributed by atoms with Crippen LogP contribution in [-0.2, 0) is 0 Å². The predicted octanol–water partition coefficient (Wildman–Crippen LogP) is 5.10. The highest BCUT2D eigenvalue weighted by Crippen LogP contribution is 2.19. The third-order valence-corrected chi connectivity index (χ3v) is 5.75. The van der Waals surface area contributed by atoms with Crippen molar-refractivity contribution in [3.63, 3.8) is 0 Å². The quantitative estimate of drug-likeness (QED) is 0.440. The third kappa shape index (κ3) is 5.10. The fraction of sp³-hybridized carbons (Fsp3) is 0.320.